The number of anilines is 3. The predicted molar refractivity (Wildman–Crippen MR) is 235 cm³/mol. The lowest BCUT2D eigenvalue weighted by molar-refractivity contribution is 0.661. The molecule has 0 amide bonds. The minimum atomic E-state index is -0.210. The Labute approximate surface area is 323 Å². The van der Waals surface area contributed by atoms with Crippen molar-refractivity contribution in [3.63, 3.8) is 0 Å². The van der Waals surface area contributed by atoms with Crippen molar-refractivity contribution in [2.45, 2.75) is 31.6 Å². The summed E-state index contributed by atoms with van der Waals surface area (Å²) in [6.45, 7) is 6.78. The highest BCUT2D eigenvalue weighted by molar-refractivity contribution is 7.80. The lowest BCUT2D eigenvalue weighted by Gasteiger charge is -2.33. The van der Waals surface area contributed by atoms with Crippen LogP contribution in [0.1, 0.15) is 37.3 Å². The molecule has 0 saturated heterocycles. The monoisotopic (exact) mass is 714 g/mol. The van der Waals surface area contributed by atoms with Gasteiger partial charge in [-0.25, -0.2) is 0 Å². The fraction of sp³-hybridized carbons (Fsp3) is 0.0980. The summed E-state index contributed by atoms with van der Waals surface area (Å²) < 4.78 is 2.34. The van der Waals surface area contributed by atoms with Crippen molar-refractivity contribution < 1.29 is 0 Å². The first-order chi connectivity index (χ1) is 26.4. The third-order valence-electron chi connectivity index (χ3n) is 11.0. The Morgan fingerprint density at radius 1 is 0.556 bits per heavy atom. The van der Waals surface area contributed by atoms with Gasteiger partial charge in [0.05, 0.1) is 22.1 Å². The zero-order valence-corrected chi connectivity index (χ0v) is 31.7. The van der Waals surface area contributed by atoms with Gasteiger partial charge in [0.2, 0.25) is 0 Å². The second-order valence-electron chi connectivity index (χ2n) is 14.6. The van der Waals surface area contributed by atoms with E-state index in [9.17, 15) is 0 Å². The van der Waals surface area contributed by atoms with Crippen LogP contribution in [0, 0.1) is 0 Å². The van der Waals surface area contributed by atoms with E-state index in [1.165, 1.54) is 61.0 Å². The minimum Gasteiger partial charge on any atom is -0.325 e. The Morgan fingerprint density at radius 2 is 1.19 bits per heavy atom. The third kappa shape index (κ3) is 5.68. The van der Waals surface area contributed by atoms with Crippen LogP contribution in [0.25, 0.3) is 55.2 Å². The van der Waals surface area contributed by atoms with Gasteiger partial charge in [0.15, 0.2) is 0 Å². The first-order valence-electron chi connectivity index (χ1n) is 18.7. The van der Waals surface area contributed by atoms with E-state index in [1.807, 2.05) is 13.0 Å². The van der Waals surface area contributed by atoms with Crippen LogP contribution in [0.2, 0.25) is 0 Å². The molecule has 2 nitrogen and oxygen atoms in total. The SMILES string of the molecule is C/C=C\C=C/C(S)n1c2ccccc2c2cc(N(c3cc(-c4ccccc4)cc(-c4ccccc4)c3)c3cccc4c3C(C)(C)c3ccccc3-4)ccc21. The van der Waals surface area contributed by atoms with Gasteiger partial charge in [-0.15, -0.1) is 12.6 Å². The second kappa shape index (κ2) is 13.7. The molecule has 0 radical (unpaired) electrons. The van der Waals surface area contributed by atoms with Crippen molar-refractivity contribution in [1.29, 1.82) is 0 Å². The third-order valence-corrected chi connectivity index (χ3v) is 11.4. The highest BCUT2D eigenvalue weighted by atomic mass is 32.1. The van der Waals surface area contributed by atoms with Gasteiger partial charge < -0.3 is 9.47 Å². The number of aromatic nitrogens is 1. The zero-order valence-electron chi connectivity index (χ0n) is 30.8. The summed E-state index contributed by atoms with van der Waals surface area (Å²) in [6, 6.07) is 59.9. The van der Waals surface area contributed by atoms with Crippen molar-refractivity contribution in [1.82, 2.24) is 4.57 Å². The Morgan fingerprint density at radius 3 is 1.91 bits per heavy atom. The molecule has 8 aromatic rings. The van der Waals surface area contributed by atoms with E-state index < -0.39 is 0 Å². The number of hydrogen-bond acceptors (Lipinski definition) is 2. The summed E-state index contributed by atoms with van der Waals surface area (Å²) in [5, 5.41) is 2.28. The molecule has 262 valence electrons. The van der Waals surface area contributed by atoms with Crippen LogP contribution in [-0.2, 0) is 5.41 Å². The van der Waals surface area contributed by atoms with Gasteiger partial charge in [-0.2, -0.15) is 0 Å². The normalized spacial score (nSPS) is 13.9. The molecule has 0 fully saturated rings. The maximum atomic E-state index is 5.10. The number of thiol groups is 1. The molecule has 7 aromatic carbocycles. The molecule has 3 heteroatoms. The predicted octanol–water partition coefficient (Wildman–Crippen LogP) is 14.5. The molecule has 0 aliphatic heterocycles. The van der Waals surface area contributed by atoms with Crippen LogP contribution in [0.3, 0.4) is 0 Å². The molecule has 0 bridgehead atoms. The van der Waals surface area contributed by atoms with Crippen LogP contribution < -0.4 is 4.90 Å². The van der Waals surface area contributed by atoms with Crippen molar-refractivity contribution in [2.24, 2.45) is 0 Å². The summed E-state index contributed by atoms with van der Waals surface area (Å²) >= 11 is 5.10. The van der Waals surface area contributed by atoms with Crippen LogP contribution in [-0.4, -0.2) is 4.57 Å². The first-order valence-corrected chi connectivity index (χ1v) is 19.3. The summed E-state index contributed by atoms with van der Waals surface area (Å²) in [7, 11) is 0. The number of benzene rings is 7. The number of fused-ring (bicyclic) bond motifs is 6. The lowest BCUT2D eigenvalue weighted by Crippen LogP contribution is -2.20. The summed E-state index contributed by atoms with van der Waals surface area (Å²) in [6.07, 6.45) is 8.31. The van der Waals surface area contributed by atoms with Crippen LogP contribution in [0.4, 0.5) is 17.1 Å². The van der Waals surface area contributed by atoms with Crippen molar-refractivity contribution in [2.75, 3.05) is 4.90 Å². The second-order valence-corrected chi connectivity index (χ2v) is 15.1. The van der Waals surface area contributed by atoms with Crippen molar-refractivity contribution in [3.8, 4) is 33.4 Å². The number of rotatable bonds is 8. The van der Waals surface area contributed by atoms with Gasteiger partial charge in [-0.3, -0.25) is 0 Å². The lowest BCUT2D eigenvalue weighted by atomic mass is 9.81. The fourth-order valence-electron chi connectivity index (χ4n) is 8.54. The summed E-state index contributed by atoms with van der Waals surface area (Å²) in [5.41, 5.74) is 15.5. The largest absolute Gasteiger partial charge is 0.325 e. The molecule has 1 aliphatic rings. The van der Waals surface area contributed by atoms with Crippen molar-refractivity contribution >= 4 is 51.5 Å². The standard InChI is InChI=1S/C51H42N2S/c1-4-5-8-28-49(54)53-46-26-16-14-23-42(46)44-34-39(29-30-47(44)53)52(48-27-17-24-43-41-22-13-15-25-45(41)51(2,3)50(43)48)40-32-37(35-18-9-6-10-19-35)31-38(33-40)36-20-11-7-12-21-36/h4-34,49,54H,1-3H3/b5-4-,28-8-. The van der Waals surface area contributed by atoms with Crippen LogP contribution >= 0.6 is 12.6 Å². The number of nitrogens with zero attached hydrogens (tertiary/aromatic N) is 2. The van der Waals surface area contributed by atoms with Crippen LogP contribution in [0.5, 0.6) is 0 Å². The quantitative estimate of drug-likeness (QED) is 0.122. The van der Waals surface area contributed by atoms with Gasteiger partial charge in [-0.1, -0.05) is 153 Å². The van der Waals surface area contributed by atoms with Gasteiger partial charge >= 0.3 is 0 Å². The van der Waals surface area contributed by atoms with E-state index in [0.29, 0.717) is 0 Å². The zero-order chi connectivity index (χ0) is 36.8. The van der Waals surface area contributed by atoms with Gasteiger partial charge in [0.1, 0.15) is 0 Å². The van der Waals surface area contributed by atoms with Gasteiger partial charge in [0, 0.05) is 27.6 Å². The van der Waals surface area contributed by atoms with Gasteiger partial charge in [0.25, 0.3) is 0 Å². The van der Waals surface area contributed by atoms with E-state index in [2.05, 4.69) is 205 Å². The number of hydrogen-bond donors (Lipinski definition) is 1. The van der Waals surface area contributed by atoms with E-state index in [4.69, 9.17) is 12.6 Å². The molecule has 1 atom stereocenters. The highest BCUT2D eigenvalue weighted by Crippen LogP contribution is 2.55. The topological polar surface area (TPSA) is 8.17 Å². The molecule has 1 aliphatic carbocycles. The van der Waals surface area contributed by atoms with E-state index in [1.54, 1.807) is 0 Å². The smallest absolute Gasteiger partial charge is 0.0959 e. The molecule has 1 unspecified atom stereocenters. The maximum Gasteiger partial charge on any atom is 0.0959 e. The highest BCUT2D eigenvalue weighted by Gasteiger charge is 2.39. The van der Waals surface area contributed by atoms with E-state index in [0.717, 1.165) is 22.4 Å². The number of para-hydroxylation sites is 1. The molecule has 0 N–H and O–H groups in total. The molecule has 9 rings (SSSR count). The molecule has 0 spiro atoms. The summed E-state index contributed by atoms with van der Waals surface area (Å²) in [4.78, 5) is 2.50. The molecular weight excluding hydrogens is 673 g/mol. The summed E-state index contributed by atoms with van der Waals surface area (Å²) in [5.74, 6) is 0. The van der Waals surface area contributed by atoms with Crippen LogP contribution in [0.15, 0.2) is 188 Å². The van der Waals surface area contributed by atoms with Gasteiger partial charge in [-0.05, 0) is 100.0 Å². The molecule has 1 heterocycles. The molecule has 1 aromatic heterocycles. The Hall–Kier alpha value is -6.03. The Balaban J connectivity index is 1.34. The number of allylic oxidation sites excluding steroid dienone is 3. The Kier molecular flexibility index (Phi) is 8.60. The molecular formula is C51H42N2S. The fourth-order valence-corrected chi connectivity index (χ4v) is 8.89. The minimum absolute atomic E-state index is 0.127. The average molecular weight is 715 g/mol. The average Bonchev–Trinajstić information content (AvgIpc) is 3.67. The Bertz CT molecular complexity index is 2660. The van der Waals surface area contributed by atoms with Crippen molar-refractivity contribution in [3.05, 3.63) is 199 Å². The molecule has 0 saturated carbocycles. The van der Waals surface area contributed by atoms with E-state index >= 15 is 0 Å². The molecule has 54 heavy (non-hydrogen) atoms. The maximum absolute atomic E-state index is 5.10. The van der Waals surface area contributed by atoms with E-state index in [-0.39, 0.29) is 10.8 Å². The first kappa shape index (κ1) is 33.8.